The summed E-state index contributed by atoms with van der Waals surface area (Å²) in [4.78, 5) is 170. The molecule has 0 radical (unpaired) electrons. The summed E-state index contributed by atoms with van der Waals surface area (Å²) in [5, 5.41) is 34.9. The number of fused-ring (bicyclic) bond motifs is 8. The molecule has 144 heavy (non-hydrogen) atoms. The Kier molecular flexibility index (Phi) is 48.0. The van der Waals surface area contributed by atoms with E-state index in [9.17, 15) is 52.7 Å². The number of benzene rings is 4. The number of aromatic amines is 2. The van der Waals surface area contributed by atoms with Crippen molar-refractivity contribution in [2.24, 2.45) is 40.3 Å². The minimum absolute atomic E-state index is 0.0253. The van der Waals surface area contributed by atoms with E-state index in [0.717, 1.165) is 89.4 Å². The maximum Gasteiger partial charge on any atom is 0.250 e. The molecule has 7 aromatic rings. The number of ether oxygens (including phenoxy) is 7. The Morgan fingerprint density at radius 3 is 1.12 bits per heavy atom. The highest BCUT2D eigenvalue weighted by Crippen LogP contribution is 2.39. The smallest absolute Gasteiger partial charge is 0.250 e. The lowest BCUT2D eigenvalue weighted by atomic mass is 10.0. The van der Waals surface area contributed by atoms with Crippen LogP contribution in [0, 0.1) is 11.3 Å². The average molecular weight is 1990 g/mol. The van der Waals surface area contributed by atoms with Crippen molar-refractivity contribution in [3.63, 3.8) is 0 Å². The Balaban J connectivity index is 0.580. The number of amides is 11. The lowest BCUT2D eigenvalue weighted by Crippen LogP contribution is -2.60. The Hall–Kier alpha value is -13.5. The molecule has 6 heterocycles. The van der Waals surface area contributed by atoms with Gasteiger partial charge in [0.2, 0.25) is 65.0 Å². The van der Waals surface area contributed by atoms with Gasteiger partial charge in [-0.3, -0.25) is 58.1 Å². The largest absolute Gasteiger partial charge is 0.377 e. The van der Waals surface area contributed by atoms with Crippen LogP contribution in [0.5, 0.6) is 0 Å². The van der Waals surface area contributed by atoms with Crippen molar-refractivity contribution >= 4 is 123 Å². The van der Waals surface area contributed by atoms with Crippen LogP contribution in [0.1, 0.15) is 139 Å². The summed E-state index contributed by atoms with van der Waals surface area (Å²) in [5.41, 5.74) is 49.1. The van der Waals surface area contributed by atoms with E-state index in [0.29, 0.717) is 103 Å². The number of carbonyl (C=O) groups is 11. The van der Waals surface area contributed by atoms with Gasteiger partial charge >= 0.3 is 0 Å². The molecule has 8 bridgehead atoms. The first kappa shape index (κ1) is 112. The molecule has 0 aliphatic carbocycles. The summed E-state index contributed by atoms with van der Waals surface area (Å²) in [5.74, 6) is -7.78. The lowest BCUT2D eigenvalue weighted by molar-refractivity contribution is -0.140. The molecule has 10 rings (SSSR count). The van der Waals surface area contributed by atoms with Crippen molar-refractivity contribution in [1.29, 1.82) is 5.41 Å². The molecule has 3 aliphatic rings. The summed E-state index contributed by atoms with van der Waals surface area (Å²) in [7, 11) is 0. The molecular formula is C104H142N22O18. The number of anilines is 1. The van der Waals surface area contributed by atoms with Gasteiger partial charge in [-0.25, -0.2) is 9.97 Å². The van der Waals surface area contributed by atoms with Crippen molar-refractivity contribution in [3.05, 3.63) is 162 Å². The highest BCUT2D eigenvalue weighted by molar-refractivity contribution is 6.03. The number of unbranched alkanes of at least 4 members (excludes halogenated alkanes) is 4. The van der Waals surface area contributed by atoms with Crippen LogP contribution in [0.2, 0.25) is 0 Å². The van der Waals surface area contributed by atoms with Crippen molar-refractivity contribution in [2.45, 2.75) is 159 Å². The first-order valence-corrected chi connectivity index (χ1v) is 49.6. The fourth-order valence-corrected chi connectivity index (χ4v) is 16.7. The molecule has 0 spiro atoms. The zero-order chi connectivity index (χ0) is 103. The van der Waals surface area contributed by atoms with Crippen molar-refractivity contribution in [2.75, 3.05) is 150 Å². The van der Waals surface area contributed by atoms with Gasteiger partial charge in [0.15, 0.2) is 5.96 Å². The van der Waals surface area contributed by atoms with E-state index in [2.05, 4.69) is 136 Å². The van der Waals surface area contributed by atoms with Crippen LogP contribution in [0.3, 0.4) is 0 Å². The number of guanidine groups is 1. The monoisotopic (exact) mass is 1990 g/mol. The van der Waals surface area contributed by atoms with Crippen molar-refractivity contribution in [1.82, 2.24) is 72.7 Å². The van der Waals surface area contributed by atoms with Crippen LogP contribution in [0.15, 0.2) is 140 Å². The SMILES string of the molecule is CC(C)[C@H](NC(=O)[C@H](CCCCN)NC(=O)[C@H](CCCNC(=N)N)NC(=O)[C@H](CCCCN)NC(=O)[C@H](CCCCN)NC(=O)[C@H](CCCCN)NC(=O)[C@@H]1CCCN1C(=O)CNC(=O)COCCOCCOCCOCCOCCOCCNC(=O)COCC(=O)Nc1ccc(-c2c3nc(c(-c4ccccc4)c4ccc([nH]4)c(-c4ccccc4)c4nc(c(-c5ccccc5)c5ccc2[nH]5)C=C4)C=C3)cc1)C(N)=O. The first-order valence-electron chi connectivity index (χ1n) is 49.6. The number of nitrogens with zero attached hydrogens (tertiary/aromatic N) is 3. The number of aromatic nitrogens is 4. The Bertz CT molecular complexity index is 5540. The number of hydrogen-bond donors (Lipinski definition) is 19. The van der Waals surface area contributed by atoms with Crippen LogP contribution in [-0.4, -0.2) is 283 Å². The molecule has 3 aliphatic heterocycles. The molecule has 3 aromatic heterocycles. The fraction of sp³-hybridized carbons (Fsp3) is 0.462. The number of likely N-dealkylation sites (tertiary alicyclic amines) is 1. The van der Waals surface area contributed by atoms with Crippen molar-refractivity contribution in [3.8, 4) is 44.5 Å². The second kappa shape index (κ2) is 61.5. The van der Waals surface area contributed by atoms with E-state index >= 15 is 0 Å². The molecule has 11 amide bonds. The quantitative estimate of drug-likeness (QED) is 0.0128. The number of primary amides is 1. The molecule has 40 nitrogen and oxygen atoms in total. The fourth-order valence-electron chi connectivity index (χ4n) is 16.7. The Morgan fingerprint density at radius 1 is 0.389 bits per heavy atom. The third kappa shape index (κ3) is 36.4. The minimum Gasteiger partial charge on any atom is -0.377 e. The molecule has 4 aromatic carbocycles. The molecule has 776 valence electrons. The number of carbonyl (C=O) groups excluding carboxylic acids is 11. The second-order valence-electron chi connectivity index (χ2n) is 35.3. The normalized spacial score (nSPS) is 13.9. The van der Waals surface area contributed by atoms with Crippen LogP contribution in [-0.2, 0) is 85.9 Å². The van der Waals surface area contributed by atoms with E-state index in [1.54, 1.807) is 13.8 Å². The Morgan fingerprint density at radius 2 is 0.736 bits per heavy atom. The van der Waals surface area contributed by atoms with Crippen LogP contribution in [0.25, 0.3) is 90.9 Å². The predicted molar refractivity (Wildman–Crippen MR) is 552 cm³/mol. The van der Waals surface area contributed by atoms with Gasteiger partial charge in [-0.15, -0.1) is 0 Å². The third-order valence-electron chi connectivity index (χ3n) is 24.0. The molecule has 1 saturated heterocycles. The number of rotatable bonds is 65. The molecule has 7 atom stereocenters. The van der Waals surface area contributed by atoms with Crippen LogP contribution >= 0.6 is 0 Å². The van der Waals surface area contributed by atoms with Gasteiger partial charge in [0.25, 0.3) is 0 Å². The highest BCUT2D eigenvalue weighted by Gasteiger charge is 2.39. The van der Waals surface area contributed by atoms with Gasteiger partial charge in [0.1, 0.15) is 62.1 Å². The molecule has 0 saturated carbocycles. The first-order chi connectivity index (χ1) is 69.9. The standard InChI is InChI=1S/C104H142N22O18/c1-68(2)96(97(109)131)125-102(136)85(31-15-19-49-108)122-101(135)86(32-20-50-113-104(110)111)123-99(133)83(29-13-17-47-106)120-98(132)82(28-12-16-46-105)121-100(134)84(30-14-18-48-107)124-103(137)87-33-21-52-126(87)91(130)64-114-89(128)65-143-63-62-142-61-60-141-59-58-140-57-56-139-55-54-138-53-51-112-88(127)66-144-67-90(129)115-73-36-34-72(35-37-73)95-80-44-42-78(118-80)93(70-24-8-4-9-25-70)76-40-38-74(116-76)92(69-22-6-3-7-23-69)75-39-41-77(117-75)94(71-26-10-5-11-27-71)79-43-45-81(95)119-79/h3-11,22-27,34-45,68,82-87,96,116,119H,12-21,28-33,46-67,105-108H2,1-2H3,(H2,109,131)(H,112,127)(H,114,128)(H,115,129)(H,120,132)(H,121,134)(H,122,135)(H,123,133)(H,124,137)(H,125,136)(H4,110,111,113)/t82-,83-,84-,85-,86-,87-,96-/m0/s1. The van der Waals surface area contributed by atoms with Crippen LogP contribution in [0.4, 0.5) is 5.69 Å². The third-order valence-corrected chi connectivity index (χ3v) is 24.0. The maximum absolute atomic E-state index is 14.5. The van der Waals surface area contributed by atoms with Gasteiger partial charge in [-0.2, -0.15) is 0 Å². The predicted octanol–water partition coefficient (Wildman–Crippen LogP) is 5.43. The Labute approximate surface area is 838 Å². The second-order valence-corrected chi connectivity index (χ2v) is 35.3. The van der Waals surface area contributed by atoms with Gasteiger partial charge < -0.3 is 136 Å². The highest BCUT2D eigenvalue weighted by atomic mass is 16.6. The molecule has 1 fully saturated rings. The molecular weight excluding hydrogens is 1850 g/mol. The maximum atomic E-state index is 14.5. The van der Waals surface area contributed by atoms with E-state index in [1.807, 2.05) is 91.0 Å². The number of nitrogens with two attached hydrogens (primary N) is 6. The zero-order valence-electron chi connectivity index (χ0n) is 82.2. The van der Waals surface area contributed by atoms with Gasteiger partial charge in [-0.1, -0.05) is 117 Å². The zero-order valence-corrected chi connectivity index (χ0v) is 82.2. The number of nitrogens with one attached hydrogen (secondary N) is 13. The average Bonchev–Trinajstić information content (AvgIpc) is 1.61. The van der Waals surface area contributed by atoms with Gasteiger partial charge in [0, 0.05) is 69.6 Å². The van der Waals surface area contributed by atoms with E-state index in [1.165, 1.54) is 4.90 Å². The molecule has 25 N–H and O–H groups in total. The summed E-state index contributed by atoms with van der Waals surface area (Å²) < 4.78 is 38.9. The van der Waals surface area contributed by atoms with Gasteiger partial charge in [-0.05, 0) is 218 Å². The van der Waals surface area contributed by atoms with Crippen molar-refractivity contribution < 1.29 is 85.9 Å². The summed E-state index contributed by atoms with van der Waals surface area (Å²) >= 11 is 0. The summed E-state index contributed by atoms with van der Waals surface area (Å²) in [6, 6.07) is 38.3. The summed E-state index contributed by atoms with van der Waals surface area (Å²) in [6.45, 7) is 6.30. The molecule has 40 heteroatoms. The topological polar surface area (TPSA) is 613 Å². The number of H-pyrrole nitrogens is 2. The van der Waals surface area contributed by atoms with E-state index in [4.69, 9.17) is 82.9 Å². The van der Waals surface area contributed by atoms with Gasteiger partial charge in [0.05, 0.1) is 102 Å². The minimum atomic E-state index is -1.31. The summed E-state index contributed by atoms with van der Waals surface area (Å²) in [6.07, 6.45) is 12.9. The van der Waals surface area contributed by atoms with E-state index in [-0.39, 0.29) is 156 Å². The van der Waals surface area contributed by atoms with Crippen LogP contribution < -0.4 is 87.6 Å². The molecule has 0 unspecified atom stereocenters. The van der Waals surface area contributed by atoms with E-state index < -0.39 is 114 Å². The number of hydrogen-bond acceptors (Lipinski definition) is 25. The lowest BCUT2D eigenvalue weighted by Gasteiger charge is -2.29.